The molecule has 0 aliphatic heterocycles. The summed E-state index contributed by atoms with van der Waals surface area (Å²) >= 11 is 6.04. The van der Waals surface area contributed by atoms with Crippen LogP contribution in [0.15, 0.2) is 18.5 Å². The normalized spacial score (nSPS) is 11.8. The van der Waals surface area contributed by atoms with E-state index in [2.05, 4.69) is 24.1 Å². The number of hydrogen-bond acceptors (Lipinski definition) is 3. The first kappa shape index (κ1) is 14.4. The summed E-state index contributed by atoms with van der Waals surface area (Å²) in [4.78, 5) is 3.97. The van der Waals surface area contributed by atoms with Crippen molar-refractivity contribution in [3.8, 4) is 0 Å². The third-order valence-corrected chi connectivity index (χ3v) is 3.10. The number of methoxy groups -OCH3 is 1. The number of nitrogens with one attached hydrogen (secondary N) is 1. The second-order valence-electron chi connectivity index (χ2n) is 4.98. The van der Waals surface area contributed by atoms with Crippen molar-refractivity contribution >= 4 is 11.6 Å². The molecule has 0 radical (unpaired) electrons. The lowest BCUT2D eigenvalue weighted by atomic mass is 9.89. The van der Waals surface area contributed by atoms with Crippen LogP contribution in [0.3, 0.4) is 0 Å². The fraction of sp³-hybridized carbons (Fsp3) is 0.615. The molecule has 0 bridgehead atoms. The highest BCUT2D eigenvalue weighted by Gasteiger charge is 2.16. The van der Waals surface area contributed by atoms with Crippen LogP contribution in [0.25, 0.3) is 0 Å². The molecule has 0 aliphatic carbocycles. The summed E-state index contributed by atoms with van der Waals surface area (Å²) in [7, 11) is 1.74. The van der Waals surface area contributed by atoms with Gasteiger partial charge in [0.1, 0.15) is 0 Å². The van der Waals surface area contributed by atoms with Crippen LogP contribution in [0.1, 0.15) is 25.8 Å². The van der Waals surface area contributed by atoms with Crippen molar-refractivity contribution in [2.45, 2.75) is 26.8 Å². The molecule has 4 heteroatoms. The minimum atomic E-state index is 0.232. The van der Waals surface area contributed by atoms with Crippen LogP contribution in [-0.4, -0.2) is 25.2 Å². The lowest BCUT2D eigenvalue weighted by Crippen LogP contribution is -2.30. The van der Waals surface area contributed by atoms with Gasteiger partial charge in [-0.15, -0.1) is 0 Å². The van der Waals surface area contributed by atoms with E-state index in [1.54, 1.807) is 19.5 Å². The molecule has 96 valence electrons. The molecule has 1 N–H and O–H groups in total. The van der Waals surface area contributed by atoms with Gasteiger partial charge in [-0.3, -0.25) is 4.98 Å². The number of ether oxygens (including phenoxy) is 1. The van der Waals surface area contributed by atoms with E-state index in [0.717, 1.165) is 36.7 Å². The second-order valence-corrected chi connectivity index (χ2v) is 5.38. The Hall–Kier alpha value is -0.640. The van der Waals surface area contributed by atoms with Crippen molar-refractivity contribution in [3.63, 3.8) is 0 Å². The zero-order valence-electron chi connectivity index (χ0n) is 10.8. The summed E-state index contributed by atoms with van der Waals surface area (Å²) in [5.74, 6) is 0. The number of halogens is 1. The molecule has 1 aromatic heterocycles. The van der Waals surface area contributed by atoms with Crippen molar-refractivity contribution < 1.29 is 4.74 Å². The van der Waals surface area contributed by atoms with Crippen LogP contribution in [0, 0.1) is 5.41 Å². The van der Waals surface area contributed by atoms with E-state index in [1.165, 1.54) is 0 Å². The molecule has 0 aliphatic rings. The smallest absolute Gasteiger partial charge is 0.0634 e. The summed E-state index contributed by atoms with van der Waals surface area (Å²) in [5, 5.41) is 4.14. The first-order valence-corrected chi connectivity index (χ1v) is 6.21. The lowest BCUT2D eigenvalue weighted by molar-refractivity contribution is 0.150. The van der Waals surface area contributed by atoms with E-state index in [0.29, 0.717) is 0 Å². The Bertz CT molecular complexity index is 342. The van der Waals surface area contributed by atoms with Crippen molar-refractivity contribution in [2.75, 3.05) is 20.3 Å². The Morgan fingerprint density at radius 3 is 2.88 bits per heavy atom. The minimum absolute atomic E-state index is 0.232. The van der Waals surface area contributed by atoms with Crippen molar-refractivity contribution in [1.29, 1.82) is 0 Å². The van der Waals surface area contributed by atoms with E-state index < -0.39 is 0 Å². The highest BCUT2D eigenvalue weighted by atomic mass is 35.5. The summed E-state index contributed by atoms with van der Waals surface area (Å²) < 4.78 is 5.10. The van der Waals surface area contributed by atoms with E-state index in [4.69, 9.17) is 16.3 Å². The number of pyridine rings is 1. The van der Waals surface area contributed by atoms with Crippen LogP contribution in [0.4, 0.5) is 0 Å². The van der Waals surface area contributed by atoms with Gasteiger partial charge in [-0.05, 0) is 23.5 Å². The predicted molar refractivity (Wildman–Crippen MR) is 71.2 cm³/mol. The molecule has 17 heavy (non-hydrogen) atoms. The maximum absolute atomic E-state index is 6.04. The summed E-state index contributed by atoms with van der Waals surface area (Å²) in [6.07, 6.45) is 4.48. The Morgan fingerprint density at radius 1 is 1.47 bits per heavy atom. The van der Waals surface area contributed by atoms with Gasteiger partial charge < -0.3 is 10.1 Å². The second kappa shape index (κ2) is 6.94. The van der Waals surface area contributed by atoms with Gasteiger partial charge in [0.15, 0.2) is 0 Å². The molecule has 0 amide bonds. The van der Waals surface area contributed by atoms with Gasteiger partial charge in [-0.25, -0.2) is 0 Å². The van der Waals surface area contributed by atoms with Crippen molar-refractivity contribution in [1.82, 2.24) is 10.3 Å². The third kappa shape index (κ3) is 5.48. The number of aromatic nitrogens is 1. The van der Waals surface area contributed by atoms with E-state index in [-0.39, 0.29) is 5.41 Å². The van der Waals surface area contributed by atoms with Gasteiger partial charge in [0, 0.05) is 39.2 Å². The van der Waals surface area contributed by atoms with Gasteiger partial charge >= 0.3 is 0 Å². The quantitative estimate of drug-likeness (QED) is 0.815. The molecule has 0 saturated heterocycles. The molecule has 0 unspecified atom stereocenters. The molecule has 1 rings (SSSR count). The SMILES string of the molecule is COCCC(C)(C)CNCc1ccncc1Cl. The van der Waals surface area contributed by atoms with Gasteiger partial charge in [-0.1, -0.05) is 25.4 Å². The van der Waals surface area contributed by atoms with E-state index in [1.807, 2.05) is 6.07 Å². The Balaban J connectivity index is 2.35. The molecule has 0 aromatic carbocycles. The van der Waals surface area contributed by atoms with E-state index >= 15 is 0 Å². The molecular formula is C13H21ClN2O. The van der Waals surface area contributed by atoms with Crippen LogP contribution in [0.2, 0.25) is 5.02 Å². The average Bonchev–Trinajstić information content (AvgIpc) is 2.29. The number of nitrogens with zero attached hydrogens (tertiary/aromatic N) is 1. The summed E-state index contributed by atoms with van der Waals surface area (Å²) in [6.45, 7) is 6.97. The molecule has 0 fully saturated rings. The standard InChI is InChI=1S/C13H21ClN2O/c1-13(2,5-7-17-3)10-16-8-11-4-6-15-9-12(11)14/h4,6,9,16H,5,7-8,10H2,1-3H3. The summed E-state index contributed by atoms with van der Waals surface area (Å²) in [5.41, 5.74) is 1.32. The minimum Gasteiger partial charge on any atom is -0.385 e. The van der Waals surface area contributed by atoms with Gasteiger partial charge in [0.25, 0.3) is 0 Å². The third-order valence-electron chi connectivity index (χ3n) is 2.76. The van der Waals surface area contributed by atoms with Gasteiger partial charge in [-0.2, -0.15) is 0 Å². The predicted octanol–water partition coefficient (Wildman–Crippen LogP) is 2.89. The highest BCUT2D eigenvalue weighted by Crippen LogP contribution is 2.19. The number of rotatable bonds is 7. The molecule has 0 saturated carbocycles. The first-order valence-electron chi connectivity index (χ1n) is 5.83. The fourth-order valence-corrected chi connectivity index (χ4v) is 1.74. The molecule has 0 atom stereocenters. The molecule has 3 nitrogen and oxygen atoms in total. The lowest BCUT2D eigenvalue weighted by Gasteiger charge is -2.24. The zero-order chi connectivity index (χ0) is 12.7. The first-order chi connectivity index (χ1) is 8.05. The highest BCUT2D eigenvalue weighted by molar-refractivity contribution is 6.31. The Morgan fingerprint density at radius 2 is 2.24 bits per heavy atom. The fourth-order valence-electron chi connectivity index (χ4n) is 1.55. The number of hydrogen-bond donors (Lipinski definition) is 1. The zero-order valence-corrected chi connectivity index (χ0v) is 11.5. The largest absolute Gasteiger partial charge is 0.385 e. The topological polar surface area (TPSA) is 34.1 Å². The Labute approximate surface area is 109 Å². The van der Waals surface area contributed by atoms with Crippen LogP contribution in [0.5, 0.6) is 0 Å². The van der Waals surface area contributed by atoms with Gasteiger partial charge in [0.05, 0.1) is 5.02 Å². The monoisotopic (exact) mass is 256 g/mol. The molecular weight excluding hydrogens is 236 g/mol. The summed E-state index contributed by atoms with van der Waals surface area (Å²) in [6, 6.07) is 1.94. The van der Waals surface area contributed by atoms with Crippen LogP contribution < -0.4 is 5.32 Å². The van der Waals surface area contributed by atoms with Gasteiger partial charge in [0.2, 0.25) is 0 Å². The van der Waals surface area contributed by atoms with Crippen molar-refractivity contribution in [2.24, 2.45) is 5.41 Å². The molecule has 1 heterocycles. The maximum Gasteiger partial charge on any atom is 0.0634 e. The van der Waals surface area contributed by atoms with E-state index in [9.17, 15) is 0 Å². The van der Waals surface area contributed by atoms with Crippen molar-refractivity contribution in [3.05, 3.63) is 29.0 Å². The Kier molecular flexibility index (Phi) is 5.89. The molecule has 0 spiro atoms. The van der Waals surface area contributed by atoms with Crippen LogP contribution >= 0.6 is 11.6 Å². The van der Waals surface area contributed by atoms with Crippen LogP contribution in [-0.2, 0) is 11.3 Å². The molecule has 1 aromatic rings. The maximum atomic E-state index is 6.04. The average molecular weight is 257 g/mol.